The maximum atomic E-state index is 12.9. The molecule has 0 saturated heterocycles. The van der Waals surface area contributed by atoms with Crippen molar-refractivity contribution in [2.24, 2.45) is 5.41 Å². The minimum atomic E-state index is -0.584. The minimum Gasteiger partial charge on any atom is -0.434 e. The van der Waals surface area contributed by atoms with Gasteiger partial charge in [-0.25, -0.2) is 9.83 Å². The van der Waals surface area contributed by atoms with E-state index in [1.807, 2.05) is 58.0 Å². The van der Waals surface area contributed by atoms with Crippen molar-refractivity contribution in [1.29, 1.82) is 0 Å². The van der Waals surface area contributed by atoms with Crippen LogP contribution in [0.4, 0.5) is 5.69 Å². The van der Waals surface area contributed by atoms with E-state index in [1.165, 1.54) is 0 Å². The van der Waals surface area contributed by atoms with Gasteiger partial charge in [0.2, 0.25) is 11.5 Å². The zero-order chi connectivity index (χ0) is 23.2. The summed E-state index contributed by atoms with van der Waals surface area (Å²) in [5, 5.41) is 1.80. The van der Waals surface area contributed by atoms with Crippen molar-refractivity contribution in [3.63, 3.8) is 0 Å². The van der Waals surface area contributed by atoms with E-state index in [4.69, 9.17) is 39.2 Å². The molecule has 0 bridgehead atoms. The highest BCUT2D eigenvalue weighted by Gasteiger charge is 2.29. The zero-order valence-electron chi connectivity index (χ0n) is 18.1. The second kappa shape index (κ2) is 8.09. The quantitative estimate of drug-likeness (QED) is 0.226. The maximum absolute atomic E-state index is 12.9. The molecule has 0 unspecified atom stereocenters. The fourth-order valence-electron chi connectivity index (χ4n) is 3.52. The Balaban J connectivity index is 2.03. The van der Waals surface area contributed by atoms with Gasteiger partial charge in [0.25, 0.3) is 0 Å². The van der Waals surface area contributed by atoms with Gasteiger partial charge in [0.1, 0.15) is 0 Å². The summed E-state index contributed by atoms with van der Waals surface area (Å²) < 4.78 is 5.97. The minimum absolute atomic E-state index is 0.0814. The smallest absolute Gasteiger partial charge is 0.227 e. The summed E-state index contributed by atoms with van der Waals surface area (Å²) in [5.41, 5.74) is 3.98. The van der Waals surface area contributed by atoms with Crippen molar-refractivity contribution in [2.75, 3.05) is 0 Å². The molecular weight excluding hydrogens is 443 g/mol. The third-order valence-corrected chi connectivity index (χ3v) is 5.88. The molecule has 6 heteroatoms. The monoisotopic (exact) mass is 462 g/mol. The summed E-state index contributed by atoms with van der Waals surface area (Å²) in [5.74, 6) is 0.232. The van der Waals surface area contributed by atoms with E-state index in [0.29, 0.717) is 38.5 Å². The van der Waals surface area contributed by atoms with Gasteiger partial charge >= 0.3 is 0 Å². The number of aryl methyl sites for hydroxylation is 1. The van der Waals surface area contributed by atoms with Crippen LogP contribution in [0.2, 0.25) is 10.0 Å². The van der Waals surface area contributed by atoms with Crippen LogP contribution < -0.4 is 0 Å². The number of pyridine rings is 1. The molecule has 32 heavy (non-hydrogen) atoms. The standard InChI is InChI=1S/C26H20Cl2N2O2/c1-14-19-13-20(15-6-8-16(27)9-7-15)22(18-11-10-17(29-5)12-21(18)28)30-25(19)32-23(14)24(31)26(2,3)4/h6-13H,1-4H3. The molecule has 2 aromatic heterocycles. The Hall–Kier alpha value is -3.13. The molecule has 0 fully saturated rings. The van der Waals surface area contributed by atoms with E-state index >= 15 is 0 Å². The van der Waals surface area contributed by atoms with Gasteiger partial charge in [-0.3, -0.25) is 4.79 Å². The number of furan rings is 1. The van der Waals surface area contributed by atoms with E-state index < -0.39 is 5.41 Å². The Bertz CT molecular complexity index is 1410. The third-order valence-electron chi connectivity index (χ3n) is 5.31. The number of nitrogens with zero attached hydrogens (tertiary/aromatic N) is 2. The van der Waals surface area contributed by atoms with E-state index in [-0.39, 0.29) is 5.78 Å². The van der Waals surface area contributed by atoms with Gasteiger partial charge in [-0.05, 0) is 36.8 Å². The van der Waals surface area contributed by atoms with Crippen LogP contribution in [0.15, 0.2) is 52.9 Å². The summed E-state index contributed by atoms with van der Waals surface area (Å²) in [4.78, 5) is 21.2. The molecule has 0 aliphatic carbocycles. The first-order chi connectivity index (χ1) is 15.1. The average molecular weight is 463 g/mol. The van der Waals surface area contributed by atoms with Gasteiger partial charge in [-0.15, -0.1) is 0 Å². The number of halogens is 2. The second-order valence-electron chi connectivity index (χ2n) is 8.66. The van der Waals surface area contributed by atoms with Gasteiger partial charge in [-0.1, -0.05) is 68.2 Å². The molecule has 0 aliphatic rings. The number of carbonyl (C=O) groups excluding carboxylic acids is 1. The lowest BCUT2D eigenvalue weighted by atomic mass is 9.88. The van der Waals surface area contributed by atoms with Crippen molar-refractivity contribution in [3.8, 4) is 22.4 Å². The van der Waals surface area contributed by atoms with Crippen LogP contribution in [0.1, 0.15) is 36.9 Å². The van der Waals surface area contributed by atoms with Crippen molar-refractivity contribution < 1.29 is 9.21 Å². The van der Waals surface area contributed by atoms with E-state index in [1.54, 1.807) is 18.2 Å². The Labute approximate surface area is 196 Å². The maximum Gasteiger partial charge on any atom is 0.227 e. The van der Waals surface area contributed by atoms with Crippen molar-refractivity contribution in [2.45, 2.75) is 27.7 Å². The number of hydrogen-bond donors (Lipinski definition) is 0. The lowest BCUT2D eigenvalue weighted by Crippen LogP contribution is -2.20. The topological polar surface area (TPSA) is 47.5 Å². The Morgan fingerprint density at radius 2 is 1.72 bits per heavy atom. The molecule has 0 aliphatic heterocycles. The lowest BCUT2D eigenvalue weighted by molar-refractivity contribution is 0.0829. The van der Waals surface area contributed by atoms with Crippen molar-refractivity contribution in [3.05, 3.63) is 81.3 Å². The summed E-state index contributed by atoms with van der Waals surface area (Å²) in [6, 6.07) is 14.5. The molecule has 4 nitrogen and oxygen atoms in total. The van der Waals surface area contributed by atoms with Crippen LogP contribution in [0.3, 0.4) is 0 Å². The van der Waals surface area contributed by atoms with Gasteiger partial charge in [0.05, 0.1) is 12.3 Å². The molecule has 0 spiro atoms. The number of aromatic nitrogens is 1. The number of hydrogen-bond acceptors (Lipinski definition) is 3. The van der Waals surface area contributed by atoms with Crippen LogP contribution >= 0.6 is 23.2 Å². The fourth-order valence-corrected chi connectivity index (χ4v) is 3.91. The molecule has 2 aromatic carbocycles. The second-order valence-corrected chi connectivity index (χ2v) is 9.50. The largest absolute Gasteiger partial charge is 0.434 e. The van der Waals surface area contributed by atoms with Crippen LogP contribution in [-0.2, 0) is 0 Å². The molecule has 0 N–H and O–H groups in total. The average Bonchev–Trinajstić information content (AvgIpc) is 3.07. The molecule has 0 atom stereocenters. The summed E-state index contributed by atoms with van der Waals surface area (Å²) >= 11 is 12.6. The molecule has 0 saturated carbocycles. The first kappa shape index (κ1) is 22.1. The number of Topliss-reactive ketones (excluding diaryl/α,β-unsaturated/α-hetero) is 1. The summed E-state index contributed by atoms with van der Waals surface area (Å²) in [6.07, 6.45) is 0. The molecule has 0 amide bonds. The van der Waals surface area contributed by atoms with Crippen LogP contribution in [0.25, 0.3) is 38.3 Å². The van der Waals surface area contributed by atoms with Gasteiger partial charge in [-0.2, -0.15) is 0 Å². The Morgan fingerprint density at radius 3 is 2.31 bits per heavy atom. The van der Waals surface area contributed by atoms with Gasteiger partial charge in [0.15, 0.2) is 11.4 Å². The van der Waals surface area contributed by atoms with Crippen molar-refractivity contribution >= 4 is 45.8 Å². The first-order valence-electron chi connectivity index (χ1n) is 10.0. The molecule has 160 valence electrons. The summed E-state index contributed by atoms with van der Waals surface area (Å²) in [6.45, 7) is 14.7. The first-order valence-corrected chi connectivity index (χ1v) is 10.8. The lowest BCUT2D eigenvalue weighted by Gasteiger charge is -2.14. The number of fused-ring (bicyclic) bond motifs is 1. The molecule has 4 rings (SSSR count). The van der Waals surface area contributed by atoms with E-state index in [9.17, 15) is 4.79 Å². The predicted octanol–water partition coefficient (Wildman–Crippen LogP) is 8.56. The molecular formula is C26H20Cl2N2O2. The molecule has 0 radical (unpaired) electrons. The predicted molar refractivity (Wildman–Crippen MR) is 130 cm³/mol. The van der Waals surface area contributed by atoms with Crippen LogP contribution in [0.5, 0.6) is 0 Å². The number of benzene rings is 2. The zero-order valence-corrected chi connectivity index (χ0v) is 19.6. The number of rotatable bonds is 3. The van der Waals surface area contributed by atoms with E-state index in [2.05, 4.69) is 4.85 Å². The molecule has 2 heterocycles. The van der Waals surface area contributed by atoms with Gasteiger partial charge in [0, 0.05) is 37.5 Å². The van der Waals surface area contributed by atoms with Crippen molar-refractivity contribution in [1.82, 2.24) is 4.98 Å². The SMILES string of the molecule is [C-]#[N+]c1ccc(-c2nc3oc(C(=O)C(C)(C)C)c(C)c3cc2-c2ccc(Cl)cc2)c(Cl)c1. The number of ketones is 1. The normalized spacial score (nSPS) is 11.5. The van der Waals surface area contributed by atoms with Crippen LogP contribution in [-0.4, -0.2) is 10.8 Å². The highest BCUT2D eigenvalue weighted by Crippen LogP contribution is 2.40. The molecule has 4 aromatic rings. The van der Waals surface area contributed by atoms with E-state index in [0.717, 1.165) is 22.1 Å². The highest BCUT2D eigenvalue weighted by molar-refractivity contribution is 6.34. The number of carbonyl (C=O) groups is 1. The Kier molecular flexibility index (Phi) is 5.58. The Morgan fingerprint density at radius 1 is 1.03 bits per heavy atom. The fraction of sp³-hybridized carbons (Fsp3) is 0.192. The third kappa shape index (κ3) is 3.90. The summed E-state index contributed by atoms with van der Waals surface area (Å²) in [7, 11) is 0. The van der Waals surface area contributed by atoms with Gasteiger partial charge < -0.3 is 4.42 Å². The van der Waals surface area contributed by atoms with Crippen LogP contribution in [0, 0.1) is 18.9 Å². The highest BCUT2D eigenvalue weighted by atomic mass is 35.5.